The van der Waals surface area contributed by atoms with Gasteiger partial charge in [-0.2, -0.15) is 12.0 Å². The summed E-state index contributed by atoms with van der Waals surface area (Å²) >= 11 is 0. The summed E-state index contributed by atoms with van der Waals surface area (Å²) in [5.41, 5.74) is 2.73. The standard InChI is InChI=1S/C19H24N.Rf/c1-3-16(2)15-19(18-7-5-4-6-8-18)10-9-17-11-13-20-14-12-17;/h4-9,11-14,16,19H,3,10,15H2,1-2H3;/q-1;. The first-order chi connectivity index (χ1) is 9.79. The van der Waals surface area contributed by atoms with Gasteiger partial charge in [0, 0.05) is 0 Å². The number of hydrogen-bond donors (Lipinski definition) is 0. The molecule has 2 rings (SSSR count). The predicted molar refractivity (Wildman–Crippen MR) is 85.5 cm³/mol. The zero-order valence-corrected chi connectivity index (χ0v) is 19.6. The third-order valence-electron chi connectivity index (χ3n) is 4.00. The number of benzene rings is 1. The van der Waals surface area contributed by atoms with E-state index in [1.165, 1.54) is 24.0 Å². The molecule has 0 fully saturated rings. The Morgan fingerprint density at radius 3 is 2.33 bits per heavy atom. The van der Waals surface area contributed by atoms with Gasteiger partial charge in [-0.15, -0.1) is 12.1 Å². The molecular formula is C19H24NRf-. The van der Waals surface area contributed by atoms with E-state index < -0.39 is 0 Å². The fourth-order valence-electron chi connectivity index (χ4n) is 2.52. The molecular weight excluding hydrogens is 509 g/mol. The van der Waals surface area contributed by atoms with E-state index in [1.807, 2.05) is 12.4 Å². The second-order valence-electron chi connectivity index (χ2n) is 5.58. The van der Waals surface area contributed by atoms with Crippen molar-refractivity contribution in [3.63, 3.8) is 0 Å². The van der Waals surface area contributed by atoms with Gasteiger partial charge in [-0.25, -0.2) is 0 Å². The van der Waals surface area contributed by atoms with Gasteiger partial charge in [0.2, 0.25) is 0 Å². The first-order valence-corrected chi connectivity index (χ1v) is 7.57. The number of nitrogens with zero attached hydrogens (tertiary/aromatic N) is 1. The minimum Gasteiger partial charge on any atom is -0.291 e. The second-order valence-corrected chi connectivity index (χ2v) is 5.58. The molecule has 0 radical (unpaired) electrons. The molecule has 0 spiro atoms. The molecule has 0 aliphatic rings. The third-order valence-corrected chi connectivity index (χ3v) is 4.00. The molecule has 0 aliphatic carbocycles. The summed E-state index contributed by atoms with van der Waals surface area (Å²) in [7, 11) is 0. The zero-order valence-electron chi connectivity index (χ0n) is 13.2. The smallest absolute Gasteiger partial charge is 0 e. The van der Waals surface area contributed by atoms with Crippen LogP contribution in [0.4, 0.5) is 0 Å². The Kier molecular flexibility index (Phi) is 6.53. The number of rotatable bonds is 7. The van der Waals surface area contributed by atoms with Crippen LogP contribution < -0.4 is 0 Å². The van der Waals surface area contributed by atoms with Crippen molar-refractivity contribution in [1.29, 1.82) is 0 Å². The number of hydrogen-bond acceptors (Lipinski definition) is 1. The Labute approximate surface area is 123 Å². The topological polar surface area (TPSA) is 12.9 Å². The molecule has 21 heavy (non-hydrogen) atoms. The van der Waals surface area contributed by atoms with Crippen LogP contribution in [0.3, 0.4) is 0 Å². The van der Waals surface area contributed by atoms with Crippen LogP contribution >= 0.6 is 0 Å². The van der Waals surface area contributed by atoms with E-state index in [2.05, 4.69) is 67.7 Å². The van der Waals surface area contributed by atoms with Crippen molar-refractivity contribution in [3.8, 4) is 0 Å². The first kappa shape index (κ1) is 16.3. The minimum absolute atomic E-state index is 0. The second kappa shape index (κ2) is 8.42. The SMILES string of the molecule is CCC(C)CC(C[CH-]c1ccncc1)c1ccccc1.[Rf]. The summed E-state index contributed by atoms with van der Waals surface area (Å²) in [4.78, 5) is 4.07. The predicted octanol–water partition coefficient (Wildman–Crippen LogP) is 5.24. The summed E-state index contributed by atoms with van der Waals surface area (Å²) in [6.45, 7) is 4.63. The number of pyridine rings is 1. The molecule has 2 heteroatoms. The van der Waals surface area contributed by atoms with Gasteiger partial charge in [-0.05, 0) is 36.2 Å². The average Bonchev–Trinajstić information content (AvgIpc) is 2.53. The van der Waals surface area contributed by atoms with Crippen LogP contribution in [0.1, 0.15) is 50.2 Å². The van der Waals surface area contributed by atoms with E-state index in [9.17, 15) is 0 Å². The van der Waals surface area contributed by atoms with Crippen molar-refractivity contribution in [2.75, 3.05) is 0 Å². The van der Waals surface area contributed by atoms with Crippen LogP contribution in [0.25, 0.3) is 0 Å². The maximum Gasteiger partial charge on any atom is 0 e. The number of aromatic nitrogens is 1. The molecule has 1 aromatic carbocycles. The molecule has 1 nitrogen and oxygen atoms in total. The van der Waals surface area contributed by atoms with E-state index in [0.717, 1.165) is 12.3 Å². The molecule has 0 amide bonds. The van der Waals surface area contributed by atoms with Crippen LogP contribution in [0, 0.1) is 12.3 Å². The van der Waals surface area contributed by atoms with E-state index in [1.54, 1.807) is 0 Å². The summed E-state index contributed by atoms with van der Waals surface area (Å²) < 4.78 is 0. The van der Waals surface area contributed by atoms with Crippen LogP contribution in [0.15, 0.2) is 54.9 Å². The molecule has 0 N–H and O–H groups in total. The third kappa shape index (κ3) is 5.02. The molecule has 1 aromatic heterocycles. The Balaban J connectivity index is 0.00000220. The van der Waals surface area contributed by atoms with Gasteiger partial charge in [0.15, 0.2) is 0 Å². The summed E-state index contributed by atoms with van der Waals surface area (Å²) in [5.74, 6) is 1.38. The first-order valence-electron chi connectivity index (χ1n) is 7.57. The Bertz CT molecular complexity index is 483. The molecule has 1 heterocycles. The summed E-state index contributed by atoms with van der Waals surface area (Å²) in [5, 5.41) is 0. The van der Waals surface area contributed by atoms with E-state index >= 15 is 0 Å². The molecule has 2 aromatic rings. The zero-order chi connectivity index (χ0) is 14.2. The molecule has 108 valence electrons. The molecule has 2 atom stereocenters. The average molecular weight is 533 g/mol. The van der Waals surface area contributed by atoms with Crippen LogP contribution in [0.2, 0.25) is 0 Å². The van der Waals surface area contributed by atoms with Crippen LogP contribution in [-0.2, 0) is 0 Å². The maximum absolute atomic E-state index is 4.07. The van der Waals surface area contributed by atoms with E-state index in [-0.39, 0.29) is 0 Å². The van der Waals surface area contributed by atoms with Crippen molar-refractivity contribution >= 4 is 0 Å². The largest absolute Gasteiger partial charge is 0.291 e. The van der Waals surface area contributed by atoms with Gasteiger partial charge in [-0.3, -0.25) is 4.98 Å². The molecule has 0 saturated heterocycles. The van der Waals surface area contributed by atoms with Crippen molar-refractivity contribution in [3.05, 3.63) is 72.4 Å². The summed E-state index contributed by atoms with van der Waals surface area (Å²) in [6, 6.07) is 15.0. The van der Waals surface area contributed by atoms with Crippen molar-refractivity contribution in [2.45, 2.75) is 39.0 Å². The molecule has 0 saturated carbocycles. The van der Waals surface area contributed by atoms with Gasteiger partial charge < -0.3 is 0 Å². The normalized spacial score (nSPS) is 13.0. The van der Waals surface area contributed by atoms with Crippen LogP contribution in [0.5, 0.6) is 0 Å². The summed E-state index contributed by atoms with van der Waals surface area (Å²) in [6.07, 6.45) is 9.65. The van der Waals surface area contributed by atoms with E-state index in [0.29, 0.717) is 5.92 Å². The Morgan fingerprint density at radius 1 is 1.05 bits per heavy atom. The van der Waals surface area contributed by atoms with E-state index in [4.69, 9.17) is 0 Å². The minimum atomic E-state index is 0. The monoisotopic (exact) mass is 533 g/mol. The van der Waals surface area contributed by atoms with Gasteiger partial charge in [0.25, 0.3) is 0 Å². The van der Waals surface area contributed by atoms with Crippen molar-refractivity contribution in [1.82, 2.24) is 4.98 Å². The van der Waals surface area contributed by atoms with Gasteiger partial charge in [0.05, 0.1) is 0 Å². The fourth-order valence-corrected chi connectivity index (χ4v) is 2.52. The van der Waals surface area contributed by atoms with Gasteiger partial charge >= 0.3 is 0 Å². The molecule has 2 unspecified atom stereocenters. The maximum atomic E-state index is 4.07. The Morgan fingerprint density at radius 2 is 1.71 bits per heavy atom. The molecule has 0 aliphatic heterocycles. The quantitative estimate of drug-likeness (QED) is 0.444. The van der Waals surface area contributed by atoms with Crippen molar-refractivity contribution < 1.29 is 0 Å². The Hall–Kier alpha value is -2.76. The molecule has 0 bridgehead atoms. The van der Waals surface area contributed by atoms with Gasteiger partial charge in [-0.1, -0.05) is 57.0 Å². The fraction of sp³-hybridized carbons (Fsp3) is 0.368. The van der Waals surface area contributed by atoms with Gasteiger partial charge in [0.1, 0.15) is 0 Å². The van der Waals surface area contributed by atoms with Crippen molar-refractivity contribution in [2.24, 2.45) is 5.92 Å². The van der Waals surface area contributed by atoms with Crippen LogP contribution in [-0.4, -0.2) is 4.98 Å².